The Bertz CT molecular complexity index is 2560. The van der Waals surface area contributed by atoms with Crippen LogP contribution in [0, 0.1) is 19.7 Å². The first-order chi connectivity index (χ1) is 29.0. The van der Waals surface area contributed by atoms with E-state index < -0.39 is 35.9 Å². The third-order valence-electron chi connectivity index (χ3n) is 11.1. The maximum absolute atomic E-state index is 14.9. The number of aromatic nitrogens is 2. The molecule has 3 atom stereocenters. The molecule has 13 heteroatoms. The van der Waals surface area contributed by atoms with Crippen LogP contribution in [-0.2, 0) is 42.1 Å². The van der Waals surface area contributed by atoms with Crippen molar-refractivity contribution in [2.45, 2.75) is 64.6 Å². The molecule has 0 saturated carbocycles. The van der Waals surface area contributed by atoms with Gasteiger partial charge in [0.15, 0.2) is 17.6 Å². The molecular weight excluding hydrogens is 806 g/mol. The summed E-state index contributed by atoms with van der Waals surface area (Å²) in [5.74, 6) is -0.390. The van der Waals surface area contributed by atoms with Gasteiger partial charge in [0.25, 0.3) is 0 Å². The average molecular weight is 848 g/mol. The van der Waals surface area contributed by atoms with Gasteiger partial charge in [0, 0.05) is 37.6 Å². The van der Waals surface area contributed by atoms with Crippen molar-refractivity contribution in [3.8, 4) is 28.4 Å². The molecule has 2 unspecified atom stereocenters. The van der Waals surface area contributed by atoms with Crippen molar-refractivity contribution in [3.63, 3.8) is 0 Å². The quantitative estimate of drug-likeness (QED) is 0.124. The number of carboxylic acids is 1. The molecule has 2 aliphatic rings. The fourth-order valence-corrected chi connectivity index (χ4v) is 7.89. The van der Waals surface area contributed by atoms with Crippen LogP contribution in [0.25, 0.3) is 11.1 Å². The number of aliphatic carboxylic acids is 1. The largest absolute Gasteiger partial charge is 0.489 e. The number of carboxylic acid groups (broad SMARTS) is 1. The molecule has 4 aromatic carbocycles. The van der Waals surface area contributed by atoms with Gasteiger partial charge in [-0.2, -0.15) is 0 Å². The van der Waals surface area contributed by atoms with Gasteiger partial charge >= 0.3 is 5.97 Å². The highest BCUT2D eigenvalue weighted by Gasteiger charge is 2.36. The van der Waals surface area contributed by atoms with Gasteiger partial charge < -0.3 is 24.6 Å². The van der Waals surface area contributed by atoms with Crippen LogP contribution in [0.1, 0.15) is 50.9 Å². The number of fused-ring (bicyclic) bond motifs is 2. The molecule has 0 radical (unpaired) electrons. The standard InChI is InChI=1S/C47H41Cl2FN4O6/c1-27-28(2)51-17-15-36(27)31-8-5-29(6-9-31)19-40(47(56)57)53-46(55)42-20-33-21-44-43(22-34(33)23-54(42)24-41-39(50)4-3-16-52-41)59-26-45(60-44)32-10-12-35(13-11-32)58-25-30-7-14-37(48)38(49)18-30/h3-18,21-22,40,42,45H,19-20,23-26H2,1-2H3,(H,53,55)(H,56,57)/t40?,42-,45?/m0/s1. The van der Waals surface area contributed by atoms with Crippen molar-refractivity contribution in [2.24, 2.45) is 0 Å². The number of benzene rings is 4. The predicted molar refractivity (Wildman–Crippen MR) is 226 cm³/mol. The number of halogens is 3. The van der Waals surface area contributed by atoms with Gasteiger partial charge in [-0.15, -0.1) is 0 Å². The van der Waals surface area contributed by atoms with Crippen molar-refractivity contribution in [1.29, 1.82) is 0 Å². The second kappa shape index (κ2) is 17.7. The van der Waals surface area contributed by atoms with Crippen LogP contribution in [0.5, 0.6) is 17.2 Å². The first-order valence-corrected chi connectivity index (χ1v) is 20.2. The Morgan fingerprint density at radius 2 is 1.68 bits per heavy atom. The molecule has 0 fully saturated rings. The molecule has 6 aromatic rings. The summed E-state index contributed by atoms with van der Waals surface area (Å²) in [6, 6.07) is 27.1. The van der Waals surface area contributed by atoms with Crippen LogP contribution < -0.4 is 19.5 Å². The zero-order chi connectivity index (χ0) is 41.9. The number of ether oxygens (including phenoxy) is 3. The van der Waals surface area contributed by atoms with E-state index in [1.807, 2.05) is 91.5 Å². The second-order valence-corrected chi connectivity index (χ2v) is 15.8. The number of hydrogen-bond donors (Lipinski definition) is 2. The van der Waals surface area contributed by atoms with Gasteiger partial charge in [0.05, 0.1) is 21.8 Å². The smallest absolute Gasteiger partial charge is 0.326 e. The van der Waals surface area contributed by atoms with Gasteiger partial charge in [0.2, 0.25) is 5.91 Å². The Morgan fingerprint density at radius 1 is 0.917 bits per heavy atom. The summed E-state index contributed by atoms with van der Waals surface area (Å²) in [5, 5.41) is 14.0. The van der Waals surface area contributed by atoms with Crippen LogP contribution in [0.2, 0.25) is 10.0 Å². The number of carbonyl (C=O) groups excluding carboxylic acids is 1. The fourth-order valence-electron chi connectivity index (χ4n) is 7.57. The highest BCUT2D eigenvalue weighted by Crippen LogP contribution is 2.41. The number of nitrogens with one attached hydrogen (secondary N) is 1. The Morgan fingerprint density at radius 3 is 2.43 bits per heavy atom. The maximum Gasteiger partial charge on any atom is 0.326 e. The summed E-state index contributed by atoms with van der Waals surface area (Å²) in [5.41, 5.74) is 8.47. The molecule has 0 spiro atoms. The van der Waals surface area contributed by atoms with Gasteiger partial charge in [-0.3, -0.25) is 19.7 Å². The number of carbonyl (C=O) groups is 2. The molecule has 306 valence electrons. The Labute approximate surface area is 356 Å². The van der Waals surface area contributed by atoms with Crippen LogP contribution in [0.4, 0.5) is 4.39 Å². The van der Waals surface area contributed by atoms with Gasteiger partial charge in [0.1, 0.15) is 30.8 Å². The second-order valence-electron chi connectivity index (χ2n) is 15.0. The van der Waals surface area contributed by atoms with Crippen LogP contribution in [0.3, 0.4) is 0 Å². The monoisotopic (exact) mass is 846 g/mol. The van der Waals surface area contributed by atoms with E-state index in [0.717, 1.165) is 50.2 Å². The highest BCUT2D eigenvalue weighted by molar-refractivity contribution is 6.42. The number of aryl methyl sites for hydroxylation is 1. The summed E-state index contributed by atoms with van der Waals surface area (Å²) >= 11 is 12.2. The lowest BCUT2D eigenvalue weighted by molar-refractivity contribution is -0.142. The number of rotatable bonds is 12. The number of hydrogen-bond acceptors (Lipinski definition) is 8. The zero-order valence-electron chi connectivity index (χ0n) is 32.8. The molecule has 0 saturated heterocycles. The van der Waals surface area contributed by atoms with Gasteiger partial charge in [-0.05, 0) is 119 Å². The molecule has 0 bridgehead atoms. The number of amides is 1. The molecule has 10 nitrogen and oxygen atoms in total. The lowest BCUT2D eigenvalue weighted by atomic mass is 9.91. The first kappa shape index (κ1) is 40.8. The minimum atomic E-state index is -1.21. The summed E-state index contributed by atoms with van der Waals surface area (Å²) in [6.07, 6.45) is 3.15. The predicted octanol–water partition coefficient (Wildman–Crippen LogP) is 9.04. The van der Waals surface area contributed by atoms with E-state index in [0.29, 0.717) is 33.9 Å². The SMILES string of the molecule is Cc1nccc(-c2ccc(CC(NC(=O)[C@@H]3Cc4cc5c(cc4CN3Cc3ncccc3F)OCC(c3ccc(OCc4ccc(Cl)c(Cl)c4)cc3)O5)C(=O)O)cc2)c1C. The van der Waals surface area contributed by atoms with Gasteiger partial charge in [-0.25, -0.2) is 9.18 Å². The minimum absolute atomic E-state index is 0.0287. The Hall–Kier alpha value is -6.01. The van der Waals surface area contributed by atoms with E-state index in [4.69, 9.17) is 37.4 Å². The normalized spacial score (nSPS) is 16.4. The molecule has 2 N–H and O–H groups in total. The van der Waals surface area contributed by atoms with E-state index in [1.54, 1.807) is 18.3 Å². The molecule has 0 aliphatic carbocycles. The van der Waals surface area contributed by atoms with Crippen molar-refractivity contribution in [1.82, 2.24) is 20.2 Å². The molecule has 1 amide bonds. The van der Waals surface area contributed by atoms with Crippen LogP contribution in [0.15, 0.2) is 109 Å². The average Bonchev–Trinajstić information content (AvgIpc) is 3.25. The number of nitrogens with zero attached hydrogens (tertiary/aromatic N) is 3. The molecule has 60 heavy (non-hydrogen) atoms. The topological polar surface area (TPSA) is 123 Å². The van der Waals surface area contributed by atoms with Crippen molar-refractivity contribution in [3.05, 3.63) is 170 Å². The summed E-state index contributed by atoms with van der Waals surface area (Å²) in [7, 11) is 0. The summed E-state index contributed by atoms with van der Waals surface area (Å²) in [6.45, 7) is 4.86. The fraction of sp³-hybridized carbons (Fsp3) is 0.234. The van der Waals surface area contributed by atoms with E-state index >= 15 is 0 Å². The maximum atomic E-state index is 14.9. The van der Waals surface area contributed by atoms with Crippen molar-refractivity contribution >= 4 is 35.1 Å². The number of pyridine rings is 2. The third kappa shape index (κ3) is 9.08. The van der Waals surface area contributed by atoms with E-state index in [1.165, 1.54) is 18.3 Å². The van der Waals surface area contributed by atoms with Gasteiger partial charge in [-0.1, -0.05) is 65.7 Å². The molecule has 2 aromatic heterocycles. The lowest BCUT2D eigenvalue weighted by Gasteiger charge is -2.37. The lowest BCUT2D eigenvalue weighted by Crippen LogP contribution is -2.54. The van der Waals surface area contributed by atoms with Crippen LogP contribution >= 0.6 is 23.2 Å². The Kier molecular flexibility index (Phi) is 12.0. The molecule has 8 rings (SSSR count). The third-order valence-corrected chi connectivity index (χ3v) is 11.8. The summed E-state index contributed by atoms with van der Waals surface area (Å²) < 4.78 is 33.6. The van der Waals surface area contributed by atoms with Crippen molar-refractivity contribution < 1.29 is 33.3 Å². The highest BCUT2D eigenvalue weighted by atomic mass is 35.5. The van der Waals surface area contributed by atoms with Crippen molar-refractivity contribution in [2.75, 3.05) is 6.61 Å². The minimum Gasteiger partial charge on any atom is -0.489 e. The van der Waals surface area contributed by atoms with E-state index in [9.17, 15) is 19.1 Å². The molecule has 2 aliphatic heterocycles. The molecular formula is C47H41Cl2FN4O6. The summed E-state index contributed by atoms with van der Waals surface area (Å²) in [4.78, 5) is 37.2. The van der Waals surface area contributed by atoms with Crippen LogP contribution in [-0.4, -0.2) is 50.5 Å². The van der Waals surface area contributed by atoms with E-state index in [2.05, 4.69) is 15.3 Å². The first-order valence-electron chi connectivity index (χ1n) is 19.5. The Balaban J connectivity index is 0.982. The zero-order valence-corrected chi connectivity index (χ0v) is 34.3. The van der Waals surface area contributed by atoms with E-state index in [-0.39, 0.29) is 38.2 Å². The molecule has 4 heterocycles.